The number of hydrogen-bond donors (Lipinski definition) is 3. The van der Waals surface area contributed by atoms with Crippen LogP contribution in [0, 0.1) is 6.92 Å². The lowest BCUT2D eigenvalue weighted by Crippen LogP contribution is -2.44. The van der Waals surface area contributed by atoms with E-state index in [4.69, 9.17) is 10.5 Å². The molecule has 0 radical (unpaired) electrons. The van der Waals surface area contributed by atoms with Crippen LogP contribution in [0.1, 0.15) is 28.2 Å². The average molecular weight is 532 g/mol. The van der Waals surface area contributed by atoms with Gasteiger partial charge >= 0.3 is 5.97 Å². The Hall–Kier alpha value is -4.00. The van der Waals surface area contributed by atoms with Crippen LogP contribution >= 0.6 is 11.3 Å². The van der Waals surface area contributed by atoms with E-state index in [1.54, 1.807) is 30.6 Å². The number of nitrogens with zero attached hydrogens (tertiary/aromatic N) is 6. The van der Waals surface area contributed by atoms with Crippen LogP contribution in [-0.2, 0) is 4.74 Å². The summed E-state index contributed by atoms with van der Waals surface area (Å²) in [5, 5.41) is 8.14. The van der Waals surface area contributed by atoms with Gasteiger partial charge in [-0.1, -0.05) is 6.07 Å². The van der Waals surface area contributed by atoms with Crippen molar-refractivity contribution in [2.24, 2.45) is 5.73 Å². The number of pyridine rings is 1. The van der Waals surface area contributed by atoms with Crippen molar-refractivity contribution in [3.63, 3.8) is 0 Å². The number of nitrogens with two attached hydrogens (primary N) is 1. The van der Waals surface area contributed by atoms with Crippen molar-refractivity contribution in [2.45, 2.75) is 25.8 Å². The zero-order chi connectivity index (χ0) is 26.3. The van der Waals surface area contributed by atoms with Crippen molar-refractivity contribution in [3.05, 3.63) is 64.7 Å². The Kier molecular flexibility index (Phi) is 8.12. The van der Waals surface area contributed by atoms with Crippen molar-refractivity contribution in [3.8, 4) is 11.5 Å². The summed E-state index contributed by atoms with van der Waals surface area (Å²) in [7, 11) is 0. The highest BCUT2D eigenvalue weighted by atomic mass is 32.1. The molecule has 5 heterocycles. The molecule has 0 spiro atoms. The quantitative estimate of drug-likeness (QED) is 0.271. The number of ether oxygens (including phenoxy) is 1. The Labute approximate surface area is 224 Å². The fourth-order valence-electron chi connectivity index (χ4n) is 4.11. The first-order valence-electron chi connectivity index (χ1n) is 12.4. The lowest BCUT2D eigenvalue weighted by molar-refractivity contribution is 0.0453. The molecule has 38 heavy (non-hydrogen) atoms. The Morgan fingerprint density at radius 2 is 1.97 bits per heavy atom. The molecule has 1 atom stereocenters. The van der Waals surface area contributed by atoms with E-state index in [1.165, 1.54) is 11.3 Å². The van der Waals surface area contributed by atoms with Gasteiger partial charge in [0.05, 0.1) is 5.69 Å². The van der Waals surface area contributed by atoms with Crippen LogP contribution in [0.3, 0.4) is 0 Å². The third kappa shape index (κ3) is 6.85. The Morgan fingerprint density at radius 3 is 2.82 bits per heavy atom. The largest absolute Gasteiger partial charge is 0.460 e. The van der Waals surface area contributed by atoms with Crippen molar-refractivity contribution in [1.29, 1.82) is 0 Å². The topological polar surface area (TPSA) is 144 Å². The highest BCUT2D eigenvalue weighted by molar-refractivity contribution is 7.12. The fourth-order valence-corrected chi connectivity index (χ4v) is 4.84. The van der Waals surface area contributed by atoms with Gasteiger partial charge < -0.3 is 21.1 Å². The van der Waals surface area contributed by atoms with Gasteiger partial charge in [-0.15, -0.1) is 11.3 Å². The molecule has 196 valence electrons. The summed E-state index contributed by atoms with van der Waals surface area (Å²) in [5.41, 5.74) is 8.31. The maximum Gasteiger partial charge on any atom is 0.348 e. The first kappa shape index (κ1) is 25.6. The fraction of sp³-hybridized carbons (Fsp3) is 0.308. The van der Waals surface area contributed by atoms with Gasteiger partial charge in [0, 0.05) is 42.6 Å². The number of thiophene rings is 1. The summed E-state index contributed by atoms with van der Waals surface area (Å²) < 4.78 is 5.47. The van der Waals surface area contributed by atoms with E-state index in [0.29, 0.717) is 52.8 Å². The van der Waals surface area contributed by atoms with Gasteiger partial charge in [0.15, 0.2) is 5.82 Å². The van der Waals surface area contributed by atoms with Gasteiger partial charge in [0.25, 0.3) is 0 Å². The molecule has 0 bridgehead atoms. The number of carbonyl (C=O) groups is 1. The second-order valence-electron chi connectivity index (χ2n) is 8.98. The van der Waals surface area contributed by atoms with Crippen LogP contribution in [0.2, 0.25) is 0 Å². The van der Waals surface area contributed by atoms with Crippen molar-refractivity contribution < 1.29 is 9.53 Å². The molecule has 0 aromatic carbocycles. The first-order chi connectivity index (χ1) is 18.5. The number of aromatic nitrogens is 5. The van der Waals surface area contributed by atoms with E-state index >= 15 is 0 Å². The standard InChI is InChI=1S/C26H29N9O2S/c1-17-4-2-6-20(30-17)24-28-9-7-22(33-24)32-23-8-10-29-26(34-23)31-19-14-21(38-16-19)25(36)37-13-12-35-11-3-5-18(27)15-35/h2,4,6-10,14,16,18H,3,5,11-13,15,27H2,1H3,(H2,28,29,31,32,33,34)/t18-/m0/s1. The molecule has 4 aromatic rings. The monoisotopic (exact) mass is 531 g/mol. The van der Waals surface area contributed by atoms with Crippen LogP contribution in [0.15, 0.2) is 54.2 Å². The zero-order valence-corrected chi connectivity index (χ0v) is 21.8. The number of nitrogens with one attached hydrogen (secondary N) is 2. The SMILES string of the molecule is Cc1cccc(-c2nccc(Nc3ccnc(Nc4csc(C(=O)OCCN5CCC[C@H](N)C5)c4)n3)n2)n1. The van der Waals surface area contributed by atoms with E-state index in [9.17, 15) is 4.79 Å². The first-order valence-corrected chi connectivity index (χ1v) is 13.3. The van der Waals surface area contributed by atoms with Crippen LogP contribution in [0.4, 0.5) is 23.3 Å². The number of likely N-dealkylation sites (tertiary alicyclic amines) is 1. The van der Waals surface area contributed by atoms with Crippen molar-refractivity contribution in [1.82, 2.24) is 29.8 Å². The number of anilines is 4. The summed E-state index contributed by atoms with van der Waals surface area (Å²) in [4.78, 5) is 37.4. The molecule has 0 amide bonds. The van der Waals surface area contributed by atoms with E-state index in [-0.39, 0.29) is 12.0 Å². The zero-order valence-electron chi connectivity index (χ0n) is 21.0. The minimum atomic E-state index is -0.344. The summed E-state index contributed by atoms with van der Waals surface area (Å²) in [5.74, 6) is 1.68. The van der Waals surface area contributed by atoms with E-state index in [1.807, 2.05) is 30.5 Å². The molecular formula is C26H29N9O2S. The van der Waals surface area contributed by atoms with Gasteiger partial charge in [0.1, 0.15) is 28.8 Å². The van der Waals surface area contributed by atoms with Crippen LogP contribution < -0.4 is 16.4 Å². The molecule has 5 rings (SSSR count). The number of esters is 1. The second kappa shape index (κ2) is 12.0. The smallest absolute Gasteiger partial charge is 0.348 e. The highest BCUT2D eigenvalue weighted by Crippen LogP contribution is 2.24. The number of hydrogen-bond acceptors (Lipinski definition) is 12. The van der Waals surface area contributed by atoms with Gasteiger partial charge in [0.2, 0.25) is 5.95 Å². The molecule has 0 saturated carbocycles. The molecule has 12 heteroatoms. The molecule has 1 aliphatic heterocycles. The Bertz CT molecular complexity index is 1400. The van der Waals surface area contributed by atoms with E-state index < -0.39 is 0 Å². The highest BCUT2D eigenvalue weighted by Gasteiger charge is 2.17. The molecule has 1 saturated heterocycles. The molecule has 1 aliphatic rings. The lowest BCUT2D eigenvalue weighted by Gasteiger charge is -2.30. The number of carbonyl (C=O) groups excluding carboxylic acids is 1. The Morgan fingerprint density at radius 1 is 1.13 bits per heavy atom. The van der Waals surface area contributed by atoms with Gasteiger partial charge in [-0.05, 0) is 56.6 Å². The van der Waals surface area contributed by atoms with Gasteiger partial charge in [-0.2, -0.15) is 4.98 Å². The normalized spacial score (nSPS) is 15.7. The number of aryl methyl sites for hydroxylation is 1. The third-order valence-corrected chi connectivity index (χ3v) is 6.83. The molecular weight excluding hydrogens is 502 g/mol. The predicted molar refractivity (Wildman–Crippen MR) is 147 cm³/mol. The molecule has 0 aliphatic carbocycles. The van der Waals surface area contributed by atoms with Crippen LogP contribution in [0.25, 0.3) is 11.5 Å². The third-order valence-electron chi connectivity index (χ3n) is 5.92. The average Bonchev–Trinajstić information content (AvgIpc) is 3.38. The predicted octanol–water partition coefficient (Wildman–Crippen LogP) is 3.77. The van der Waals surface area contributed by atoms with Crippen molar-refractivity contribution >= 4 is 40.6 Å². The van der Waals surface area contributed by atoms with E-state index in [0.717, 1.165) is 31.6 Å². The summed E-state index contributed by atoms with van der Waals surface area (Å²) >= 11 is 1.31. The maximum atomic E-state index is 12.5. The number of piperidine rings is 1. The number of rotatable bonds is 9. The molecule has 0 unspecified atom stereocenters. The Balaban J connectivity index is 1.17. The van der Waals surface area contributed by atoms with Crippen LogP contribution in [-0.4, -0.2) is 68.1 Å². The summed E-state index contributed by atoms with van der Waals surface area (Å²) in [6.45, 7) is 4.80. The molecule has 4 N–H and O–H groups in total. The second-order valence-corrected chi connectivity index (χ2v) is 9.89. The van der Waals surface area contributed by atoms with Crippen LogP contribution in [0.5, 0.6) is 0 Å². The molecule has 1 fully saturated rings. The lowest BCUT2D eigenvalue weighted by atomic mass is 10.1. The van der Waals surface area contributed by atoms with Gasteiger partial charge in [-0.25, -0.2) is 24.7 Å². The molecule has 4 aromatic heterocycles. The summed E-state index contributed by atoms with van der Waals surface area (Å²) in [6, 6.07) is 11.1. The van der Waals surface area contributed by atoms with E-state index in [2.05, 4.69) is 40.5 Å². The minimum absolute atomic E-state index is 0.204. The van der Waals surface area contributed by atoms with Crippen molar-refractivity contribution in [2.75, 3.05) is 36.9 Å². The van der Waals surface area contributed by atoms with Gasteiger partial charge in [-0.3, -0.25) is 4.90 Å². The maximum absolute atomic E-state index is 12.5. The minimum Gasteiger partial charge on any atom is -0.460 e. The summed E-state index contributed by atoms with van der Waals surface area (Å²) in [6.07, 6.45) is 5.44. The molecule has 11 nitrogen and oxygen atoms in total.